The zero-order valence-corrected chi connectivity index (χ0v) is 11.3. The molecular weight excluding hydrogens is 232 g/mol. The Morgan fingerprint density at radius 2 is 2.24 bits per heavy atom. The Labute approximate surface area is 107 Å². The lowest BCUT2D eigenvalue weighted by molar-refractivity contribution is 0.887. The molecule has 1 aromatic rings. The third-order valence-electron chi connectivity index (χ3n) is 3.19. The number of rotatable bonds is 5. The van der Waals surface area contributed by atoms with Crippen molar-refractivity contribution < 1.29 is 0 Å². The van der Waals surface area contributed by atoms with Crippen LogP contribution in [0.25, 0.3) is 0 Å². The molecule has 0 saturated carbocycles. The monoisotopic (exact) mass is 252 g/mol. The van der Waals surface area contributed by atoms with Gasteiger partial charge in [0.2, 0.25) is 0 Å². The number of nitrogens with one attached hydrogen (secondary N) is 1. The standard InChI is InChI=1S/C12H20N4S/c1-3-8(2)17-7-11-14-10-6-4-5-9(10)12(15-11)16-13/h8H,3-7,13H2,1-2H3,(H,14,15,16). The maximum Gasteiger partial charge on any atom is 0.147 e. The van der Waals surface area contributed by atoms with Gasteiger partial charge in [0.1, 0.15) is 11.6 Å². The molecule has 17 heavy (non-hydrogen) atoms. The number of aromatic nitrogens is 2. The second-order valence-corrected chi connectivity index (χ2v) is 5.87. The highest BCUT2D eigenvalue weighted by atomic mass is 32.2. The van der Waals surface area contributed by atoms with E-state index in [9.17, 15) is 0 Å². The molecule has 0 saturated heterocycles. The molecule has 1 aliphatic rings. The predicted octanol–water partition coefficient (Wildman–Crippen LogP) is 2.28. The molecule has 0 spiro atoms. The first-order valence-corrected chi connectivity index (χ1v) is 7.26. The number of thioether (sulfide) groups is 1. The van der Waals surface area contributed by atoms with Crippen molar-refractivity contribution in [2.24, 2.45) is 5.84 Å². The molecule has 2 rings (SSSR count). The molecule has 0 bridgehead atoms. The highest BCUT2D eigenvalue weighted by Gasteiger charge is 2.18. The molecule has 1 aromatic heterocycles. The zero-order valence-electron chi connectivity index (χ0n) is 10.5. The van der Waals surface area contributed by atoms with Crippen molar-refractivity contribution in [2.75, 3.05) is 5.43 Å². The van der Waals surface area contributed by atoms with Crippen molar-refractivity contribution in [1.82, 2.24) is 9.97 Å². The Kier molecular flexibility index (Phi) is 4.23. The molecule has 0 aromatic carbocycles. The lowest BCUT2D eigenvalue weighted by Gasteiger charge is -2.11. The Morgan fingerprint density at radius 3 is 2.94 bits per heavy atom. The van der Waals surface area contributed by atoms with Gasteiger partial charge in [-0.15, -0.1) is 0 Å². The van der Waals surface area contributed by atoms with E-state index in [1.807, 2.05) is 11.8 Å². The summed E-state index contributed by atoms with van der Waals surface area (Å²) < 4.78 is 0. The number of anilines is 1. The quantitative estimate of drug-likeness (QED) is 0.622. The zero-order chi connectivity index (χ0) is 12.3. The van der Waals surface area contributed by atoms with Gasteiger partial charge in [0.15, 0.2) is 0 Å². The number of hydrogen-bond donors (Lipinski definition) is 2. The number of nitrogen functional groups attached to an aromatic ring is 1. The number of nitrogens with zero attached hydrogens (tertiary/aromatic N) is 2. The normalized spacial score (nSPS) is 15.7. The minimum Gasteiger partial charge on any atom is -0.308 e. The van der Waals surface area contributed by atoms with Crippen LogP contribution in [0.3, 0.4) is 0 Å². The number of aryl methyl sites for hydroxylation is 1. The Balaban J connectivity index is 2.13. The summed E-state index contributed by atoms with van der Waals surface area (Å²) in [5.41, 5.74) is 5.11. The van der Waals surface area contributed by atoms with Gasteiger partial charge in [-0.25, -0.2) is 15.8 Å². The van der Waals surface area contributed by atoms with E-state index >= 15 is 0 Å². The second kappa shape index (κ2) is 5.69. The summed E-state index contributed by atoms with van der Waals surface area (Å²) in [4.78, 5) is 9.14. The third kappa shape index (κ3) is 2.90. The minimum absolute atomic E-state index is 0.654. The lowest BCUT2D eigenvalue weighted by Crippen LogP contribution is -2.13. The molecular formula is C12H20N4S. The van der Waals surface area contributed by atoms with Gasteiger partial charge in [-0.2, -0.15) is 11.8 Å². The Hall–Kier alpha value is -0.810. The minimum atomic E-state index is 0.654. The van der Waals surface area contributed by atoms with E-state index in [0.717, 1.165) is 30.2 Å². The number of hydrogen-bond acceptors (Lipinski definition) is 5. The second-order valence-electron chi connectivity index (χ2n) is 4.44. The van der Waals surface area contributed by atoms with Crippen LogP contribution in [0.1, 0.15) is 43.8 Å². The number of nitrogens with two attached hydrogens (primary N) is 1. The van der Waals surface area contributed by atoms with Crippen molar-refractivity contribution in [3.63, 3.8) is 0 Å². The van der Waals surface area contributed by atoms with Crippen LogP contribution in [0, 0.1) is 0 Å². The Bertz CT molecular complexity index is 394. The van der Waals surface area contributed by atoms with E-state index in [2.05, 4.69) is 29.2 Å². The SMILES string of the molecule is CCC(C)SCc1nc2c(c(NN)n1)CCC2. The van der Waals surface area contributed by atoms with Crippen molar-refractivity contribution >= 4 is 17.6 Å². The van der Waals surface area contributed by atoms with Crippen molar-refractivity contribution in [2.45, 2.75) is 50.5 Å². The van der Waals surface area contributed by atoms with Crippen LogP contribution in [-0.4, -0.2) is 15.2 Å². The first-order chi connectivity index (χ1) is 8.24. The molecule has 0 fully saturated rings. The highest BCUT2D eigenvalue weighted by Crippen LogP contribution is 2.27. The molecule has 1 atom stereocenters. The third-order valence-corrected chi connectivity index (χ3v) is 4.52. The van der Waals surface area contributed by atoms with Crippen LogP contribution in [-0.2, 0) is 18.6 Å². The molecule has 0 aliphatic heterocycles. The van der Waals surface area contributed by atoms with Crippen LogP contribution >= 0.6 is 11.8 Å². The fourth-order valence-electron chi connectivity index (χ4n) is 2.00. The summed E-state index contributed by atoms with van der Waals surface area (Å²) in [6, 6.07) is 0. The van der Waals surface area contributed by atoms with Gasteiger partial charge >= 0.3 is 0 Å². The molecule has 1 unspecified atom stereocenters. The summed E-state index contributed by atoms with van der Waals surface area (Å²) in [6.45, 7) is 4.44. The molecule has 3 N–H and O–H groups in total. The fourth-order valence-corrected chi connectivity index (χ4v) is 2.80. The van der Waals surface area contributed by atoms with Crippen LogP contribution in [0.4, 0.5) is 5.82 Å². The highest BCUT2D eigenvalue weighted by molar-refractivity contribution is 7.99. The first-order valence-electron chi connectivity index (χ1n) is 6.21. The van der Waals surface area contributed by atoms with Crippen molar-refractivity contribution in [1.29, 1.82) is 0 Å². The van der Waals surface area contributed by atoms with Crippen LogP contribution < -0.4 is 11.3 Å². The topological polar surface area (TPSA) is 63.8 Å². The summed E-state index contributed by atoms with van der Waals surface area (Å²) in [7, 11) is 0. The van der Waals surface area contributed by atoms with Gasteiger partial charge in [0, 0.05) is 16.5 Å². The van der Waals surface area contributed by atoms with Gasteiger partial charge in [0.05, 0.1) is 5.75 Å². The molecule has 5 heteroatoms. The van der Waals surface area contributed by atoms with Gasteiger partial charge in [-0.05, 0) is 25.7 Å². The van der Waals surface area contributed by atoms with Crippen LogP contribution in [0.15, 0.2) is 0 Å². The molecule has 4 nitrogen and oxygen atoms in total. The maximum absolute atomic E-state index is 5.53. The molecule has 1 aliphatic carbocycles. The first kappa shape index (κ1) is 12.6. The molecule has 94 valence electrons. The van der Waals surface area contributed by atoms with E-state index in [-0.39, 0.29) is 0 Å². The maximum atomic E-state index is 5.53. The van der Waals surface area contributed by atoms with Gasteiger partial charge < -0.3 is 5.43 Å². The predicted molar refractivity (Wildman–Crippen MR) is 72.9 cm³/mol. The van der Waals surface area contributed by atoms with E-state index in [1.54, 1.807) is 0 Å². The average molecular weight is 252 g/mol. The Morgan fingerprint density at radius 1 is 1.41 bits per heavy atom. The van der Waals surface area contributed by atoms with Crippen molar-refractivity contribution in [3.8, 4) is 0 Å². The molecule has 1 heterocycles. The summed E-state index contributed by atoms with van der Waals surface area (Å²) >= 11 is 1.90. The van der Waals surface area contributed by atoms with E-state index in [0.29, 0.717) is 5.25 Å². The van der Waals surface area contributed by atoms with E-state index in [4.69, 9.17) is 5.84 Å². The average Bonchev–Trinajstić information content (AvgIpc) is 2.82. The summed E-state index contributed by atoms with van der Waals surface area (Å²) in [5.74, 6) is 8.13. The van der Waals surface area contributed by atoms with Gasteiger partial charge in [-0.3, -0.25) is 0 Å². The largest absolute Gasteiger partial charge is 0.308 e. The molecule has 0 amide bonds. The number of fused-ring (bicyclic) bond motifs is 1. The fraction of sp³-hybridized carbons (Fsp3) is 0.667. The smallest absolute Gasteiger partial charge is 0.147 e. The molecule has 0 radical (unpaired) electrons. The summed E-state index contributed by atoms with van der Waals surface area (Å²) in [6.07, 6.45) is 4.46. The van der Waals surface area contributed by atoms with E-state index in [1.165, 1.54) is 24.1 Å². The van der Waals surface area contributed by atoms with Crippen LogP contribution in [0.5, 0.6) is 0 Å². The van der Waals surface area contributed by atoms with Crippen LogP contribution in [0.2, 0.25) is 0 Å². The lowest BCUT2D eigenvalue weighted by atomic mass is 10.2. The van der Waals surface area contributed by atoms with Crippen molar-refractivity contribution in [3.05, 3.63) is 17.1 Å². The van der Waals surface area contributed by atoms with Gasteiger partial charge in [0.25, 0.3) is 0 Å². The number of hydrazine groups is 1. The van der Waals surface area contributed by atoms with Gasteiger partial charge in [-0.1, -0.05) is 13.8 Å². The van der Waals surface area contributed by atoms with E-state index < -0.39 is 0 Å². The summed E-state index contributed by atoms with van der Waals surface area (Å²) in [5, 5.41) is 0.654.